The summed E-state index contributed by atoms with van der Waals surface area (Å²) in [6.45, 7) is 0. The summed E-state index contributed by atoms with van der Waals surface area (Å²) in [5.41, 5.74) is 0.668. The number of thiocarbonyl (C=S) groups is 1. The van der Waals surface area contributed by atoms with Crippen molar-refractivity contribution in [1.82, 2.24) is 0 Å². The molecule has 22 heavy (non-hydrogen) atoms. The normalized spacial score (nSPS) is 16.6. The summed E-state index contributed by atoms with van der Waals surface area (Å²) in [7, 11) is 0. The molecule has 1 heterocycles. The lowest BCUT2D eigenvalue weighted by atomic mass is 10.2. The van der Waals surface area contributed by atoms with E-state index in [1.807, 2.05) is 0 Å². The third kappa shape index (κ3) is 2.80. The van der Waals surface area contributed by atoms with Crippen molar-refractivity contribution in [2.75, 3.05) is 4.90 Å². The van der Waals surface area contributed by atoms with Gasteiger partial charge in [-0.25, -0.2) is 8.78 Å². The topological polar surface area (TPSA) is 20.3 Å². The molecule has 6 heteroatoms. The molecule has 0 spiro atoms. The number of rotatable bonds is 2. The second-order valence-electron chi connectivity index (χ2n) is 4.52. The molecule has 1 fully saturated rings. The number of thioether (sulfide) groups is 1. The average molecular weight is 333 g/mol. The first-order valence-electron chi connectivity index (χ1n) is 6.34. The SMILES string of the molecule is O=C1C(=Cc2ccccc2F)SC(=S)N1c1cccc(F)c1. The van der Waals surface area contributed by atoms with Crippen LogP contribution in [0.2, 0.25) is 0 Å². The molecule has 0 radical (unpaired) electrons. The van der Waals surface area contributed by atoms with Crippen LogP contribution in [0, 0.1) is 11.6 Å². The minimum absolute atomic E-state index is 0.290. The smallest absolute Gasteiger partial charge is 0.268 e. The van der Waals surface area contributed by atoms with Crippen molar-refractivity contribution in [2.45, 2.75) is 0 Å². The maximum absolute atomic E-state index is 13.7. The molecule has 110 valence electrons. The molecule has 1 aliphatic rings. The van der Waals surface area contributed by atoms with Crippen molar-refractivity contribution in [3.8, 4) is 0 Å². The molecule has 2 nitrogen and oxygen atoms in total. The van der Waals surface area contributed by atoms with Gasteiger partial charge in [-0.1, -0.05) is 48.2 Å². The molecular weight excluding hydrogens is 324 g/mol. The van der Waals surface area contributed by atoms with Crippen molar-refractivity contribution in [2.24, 2.45) is 0 Å². The zero-order valence-electron chi connectivity index (χ0n) is 11.1. The van der Waals surface area contributed by atoms with Gasteiger partial charge in [-0.15, -0.1) is 0 Å². The molecule has 2 aromatic rings. The van der Waals surface area contributed by atoms with E-state index in [-0.39, 0.29) is 10.2 Å². The van der Waals surface area contributed by atoms with Crippen molar-refractivity contribution < 1.29 is 13.6 Å². The first-order chi connectivity index (χ1) is 10.6. The lowest BCUT2D eigenvalue weighted by Gasteiger charge is -2.14. The Labute approximate surface area is 135 Å². The van der Waals surface area contributed by atoms with Gasteiger partial charge in [-0.3, -0.25) is 9.69 Å². The van der Waals surface area contributed by atoms with Crippen LogP contribution >= 0.6 is 24.0 Å². The summed E-state index contributed by atoms with van der Waals surface area (Å²) < 4.78 is 27.3. The van der Waals surface area contributed by atoms with E-state index >= 15 is 0 Å². The van der Waals surface area contributed by atoms with Crippen molar-refractivity contribution in [3.63, 3.8) is 0 Å². The molecule has 1 saturated heterocycles. The lowest BCUT2D eigenvalue weighted by Crippen LogP contribution is -2.27. The van der Waals surface area contributed by atoms with Crippen LogP contribution in [0.4, 0.5) is 14.5 Å². The molecule has 1 aliphatic heterocycles. The van der Waals surface area contributed by atoms with E-state index in [2.05, 4.69) is 0 Å². The summed E-state index contributed by atoms with van der Waals surface area (Å²) in [6.07, 6.45) is 1.45. The summed E-state index contributed by atoms with van der Waals surface area (Å²) in [5, 5.41) is 0. The minimum atomic E-state index is -0.454. The first kappa shape index (κ1) is 14.9. The maximum Gasteiger partial charge on any atom is 0.270 e. The van der Waals surface area contributed by atoms with Crippen LogP contribution in [-0.4, -0.2) is 10.2 Å². The number of carbonyl (C=O) groups is 1. The van der Waals surface area contributed by atoms with Crippen molar-refractivity contribution in [1.29, 1.82) is 0 Å². The number of amides is 1. The van der Waals surface area contributed by atoms with Gasteiger partial charge in [0.15, 0.2) is 4.32 Å². The van der Waals surface area contributed by atoms with Gasteiger partial charge in [0.2, 0.25) is 0 Å². The Morgan fingerprint density at radius 1 is 1.09 bits per heavy atom. The van der Waals surface area contributed by atoms with Gasteiger partial charge in [0.05, 0.1) is 10.6 Å². The van der Waals surface area contributed by atoms with Gasteiger partial charge in [-0.2, -0.15) is 0 Å². The number of carbonyl (C=O) groups excluding carboxylic acids is 1. The van der Waals surface area contributed by atoms with Crippen LogP contribution in [0.15, 0.2) is 53.4 Å². The fourth-order valence-electron chi connectivity index (χ4n) is 2.04. The Kier molecular flexibility index (Phi) is 4.04. The van der Waals surface area contributed by atoms with Crippen molar-refractivity contribution in [3.05, 3.63) is 70.6 Å². The minimum Gasteiger partial charge on any atom is -0.268 e. The second-order valence-corrected chi connectivity index (χ2v) is 6.19. The third-order valence-electron chi connectivity index (χ3n) is 3.05. The van der Waals surface area contributed by atoms with E-state index < -0.39 is 11.6 Å². The lowest BCUT2D eigenvalue weighted by molar-refractivity contribution is -0.113. The van der Waals surface area contributed by atoms with Crippen molar-refractivity contribution >= 4 is 46.0 Å². The second kappa shape index (κ2) is 5.98. The Bertz CT molecular complexity index is 804. The molecule has 3 rings (SSSR count). The van der Waals surface area contributed by atoms with E-state index in [1.54, 1.807) is 24.3 Å². The van der Waals surface area contributed by atoms with E-state index in [1.165, 1.54) is 35.2 Å². The number of nitrogens with zero attached hydrogens (tertiary/aromatic N) is 1. The summed E-state index contributed by atoms with van der Waals surface area (Å²) >= 11 is 6.25. The fraction of sp³-hybridized carbons (Fsp3) is 0. The number of halogens is 2. The molecule has 0 saturated carbocycles. The number of benzene rings is 2. The predicted octanol–water partition coefficient (Wildman–Crippen LogP) is 4.37. The third-order valence-corrected chi connectivity index (χ3v) is 4.35. The van der Waals surface area contributed by atoms with Crippen LogP contribution in [0.5, 0.6) is 0 Å². The Morgan fingerprint density at radius 3 is 2.59 bits per heavy atom. The van der Waals surface area contributed by atoms with Gasteiger partial charge < -0.3 is 0 Å². The molecule has 0 aromatic heterocycles. The number of hydrogen-bond acceptors (Lipinski definition) is 3. The summed E-state index contributed by atoms with van der Waals surface area (Å²) in [5.74, 6) is -1.26. The average Bonchev–Trinajstić information content (AvgIpc) is 2.76. The van der Waals surface area contributed by atoms with Crippen LogP contribution in [0.3, 0.4) is 0 Å². The van der Waals surface area contributed by atoms with Gasteiger partial charge >= 0.3 is 0 Å². The maximum atomic E-state index is 13.7. The quantitative estimate of drug-likeness (QED) is 0.601. The van der Waals surface area contributed by atoms with E-state index in [0.717, 1.165) is 11.8 Å². The molecular formula is C16H9F2NOS2. The molecule has 0 aliphatic carbocycles. The Hall–Kier alpha value is -2.05. The molecule has 2 aromatic carbocycles. The fourth-order valence-corrected chi connectivity index (χ4v) is 3.33. The summed E-state index contributed by atoms with van der Waals surface area (Å²) in [4.78, 5) is 14.0. The van der Waals surface area contributed by atoms with Crippen LogP contribution in [0.1, 0.15) is 5.56 Å². The van der Waals surface area contributed by atoms with Crippen LogP contribution in [-0.2, 0) is 4.79 Å². The van der Waals surface area contributed by atoms with E-state index in [9.17, 15) is 13.6 Å². The van der Waals surface area contributed by atoms with Crippen LogP contribution < -0.4 is 4.90 Å². The highest BCUT2D eigenvalue weighted by molar-refractivity contribution is 8.27. The molecule has 1 amide bonds. The van der Waals surface area contributed by atoms with E-state index in [0.29, 0.717) is 16.2 Å². The van der Waals surface area contributed by atoms with Gasteiger partial charge in [0, 0.05) is 5.56 Å². The Morgan fingerprint density at radius 2 is 1.86 bits per heavy atom. The molecule has 0 atom stereocenters. The highest BCUT2D eigenvalue weighted by atomic mass is 32.2. The Balaban J connectivity index is 1.97. The van der Waals surface area contributed by atoms with Crippen LogP contribution in [0.25, 0.3) is 6.08 Å². The first-order valence-corrected chi connectivity index (χ1v) is 7.57. The summed E-state index contributed by atoms with van der Waals surface area (Å²) in [6, 6.07) is 11.8. The van der Waals surface area contributed by atoms with E-state index in [4.69, 9.17) is 12.2 Å². The molecule has 0 bridgehead atoms. The predicted molar refractivity (Wildman–Crippen MR) is 88.5 cm³/mol. The number of anilines is 1. The largest absolute Gasteiger partial charge is 0.270 e. The number of hydrogen-bond donors (Lipinski definition) is 0. The zero-order valence-corrected chi connectivity index (χ0v) is 12.8. The van der Waals surface area contributed by atoms with Gasteiger partial charge in [0.1, 0.15) is 11.6 Å². The zero-order chi connectivity index (χ0) is 15.7. The van der Waals surface area contributed by atoms with Gasteiger partial charge in [0.25, 0.3) is 5.91 Å². The molecule has 0 N–H and O–H groups in total. The molecule has 0 unspecified atom stereocenters. The highest BCUT2D eigenvalue weighted by Gasteiger charge is 2.33. The monoisotopic (exact) mass is 333 g/mol. The standard InChI is InChI=1S/C16H9F2NOS2/c17-11-5-3-6-12(9-11)19-15(20)14(22-16(19)21)8-10-4-1-2-7-13(10)18/h1-9H. The van der Waals surface area contributed by atoms with Gasteiger partial charge in [-0.05, 0) is 30.3 Å². The highest BCUT2D eigenvalue weighted by Crippen LogP contribution is 2.36.